The first-order valence-electron chi connectivity index (χ1n) is 6.95. The zero-order valence-corrected chi connectivity index (χ0v) is 12.1. The van der Waals surface area contributed by atoms with E-state index in [1.807, 2.05) is 17.7 Å². The molecule has 108 valence electrons. The summed E-state index contributed by atoms with van der Waals surface area (Å²) in [5, 5.41) is 15.0. The highest BCUT2D eigenvalue weighted by atomic mass is 16.5. The van der Waals surface area contributed by atoms with Gasteiger partial charge in [-0.15, -0.1) is 0 Å². The van der Waals surface area contributed by atoms with E-state index in [1.165, 1.54) is 0 Å². The fourth-order valence-electron chi connectivity index (χ4n) is 2.81. The van der Waals surface area contributed by atoms with E-state index in [-0.39, 0.29) is 0 Å². The van der Waals surface area contributed by atoms with E-state index in [0.717, 1.165) is 30.8 Å². The summed E-state index contributed by atoms with van der Waals surface area (Å²) in [5.74, 6) is 0. The Hall–Kier alpha value is -0.910. The van der Waals surface area contributed by atoms with Crippen LogP contribution in [0.1, 0.15) is 31.2 Å². The molecule has 1 aromatic rings. The second kappa shape index (κ2) is 6.03. The van der Waals surface area contributed by atoms with E-state index in [4.69, 9.17) is 9.47 Å². The van der Waals surface area contributed by atoms with Gasteiger partial charge in [0, 0.05) is 51.8 Å². The lowest BCUT2D eigenvalue weighted by molar-refractivity contribution is -0.152. The van der Waals surface area contributed by atoms with Crippen molar-refractivity contribution in [3.05, 3.63) is 17.5 Å². The van der Waals surface area contributed by atoms with Crippen molar-refractivity contribution >= 4 is 0 Å². The van der Waals surface area contributed by atoms with Crippen molar-refractivity contribution in [2.45, 2.75) is 51.4 Å². The van der Waals surface area contributed by atoms with E-state index in [0.29, 0.717) is 19.6 Å². The molecule has 0 bridgehead atoms. The summed E-state index contributed by atoms with van der Waals surface area (Å²) >= 11 is 0. The molecule has 0 amide bonds. The number of aryl methyl sites for hydroxylation is 2. The number of nitrogens with zero attached hydrogens (tertiary/aromatic N) is 2. The molecule has 1 N–H and O–H groups in total. The van der Waals surface area contributed by atoms with Gasteiger partial charge in [0.25, 0.3) is 0 Å². The smallest absolute Gasteiger partial charge is 0.0983 e. The van der Waals surface area contributed by atoms with E-state index in [1.54, 1.807) is 7.11 Å². The lowest BCUT2D eigenvalue weighted by atomic mass is 9.85. The number of rotatable bonds is 5. The van der Waals surface area contributed by atoms with Crippen molar-refractivity contribution in [1.29, 1.82) is 0 Å². The molecule has 1 aliphatic rings. The number of aliphatic hydroxyl groups excluding tert-OH is 1. The molecule has 1 aliphatic heterocycles. The molecule has 0 radical (unpaired) electrons. The molecule has 0 spiro atoms. The first-order chi connectivity index (χ1) is 9.11. The zero-order valence-electron chi connectivity index (χ0n) is 12.1. The van der Waals surface area contributed by atoms with E-state index in [2.05, 4.69) is 12.0 Å². The third-order valence-electron chi connectivity index (χ3n) is 4.04. The minimum absolute atomic E-state index is 0.477. The Morgan fingerprint density at radius 3 is 2.79 bits per heavy atom. The van der Waals surface area contributed by atoms with Crippen molar-refractivity contribution in [2.24, 2.45) is 0 Å². The number of hydrogen-bond acceptors (Lipinski definition) is 4. The molecule has 1 saturated heterocycles. The summed E-state index contributed by atoms with van der Waals surface area (Å²) in [7, 11) is 1.68. The van der Waals surface area contributed by atoms with Crippen LogP contribution in [0.25, 0.3) is 0 Å². The minimum Gasteiger partial charge on any atom is -0.390 e. The fourth-order valence-corrected chi connectivity index (χ4v) is 2.81. The van der Waals surface area contributed by atoms with Gasteiger partial charge in [-0.05, 0) is 19.9 Å². The summed E-state index contributed by atoms with van der Waals surface area (Å²) in [5.41, 5.74) is 1.58. The maximum absolute atomic E-state index is 10.6. The molecule has 1 atom stereocenters. The third-order valence-corrected chi connectivity index (χ3v) is 4.04. The topological polar surface area (TPSA) is 56.5 Å². The van der Waals surface area contributed by atoms with Gasteiger partial charge >= 0.3 is 0 Å². The summed E-state index contributed by atoms with van der Waals surface area (Å²) < 4.78 is 12.9. The van der Waals surface area contributed by atoms with Crippen LogP contribution in [0.4, 0.5) is 0 Å². The minimum atomic E-state index is -0.525. The van der Waals surface area contributed by atoms with Crippen LogP contribution in [0, 0.1) is 6.92 Å². The first-order valence-corrected chi connectivity index (χ1v) is 6.95. The molecule has 0 aliphatic carbocycles. The Morgan fingerprint density at radius 2 is 2.21 bits per heavy atom. The molecule has 1 aromatic heterocycles. The Labute approximate surface area is 114 Å². The zero-order chi connectivity index (χ0) is 13.9. The van der Waals surface area contributed by atoms with Crippen LogP contribution in [0.2, 0.25) is 0 Å². The predicted molar refractivity (Wildman–Crippen MR) is 72.1 cm³/mol. The van der Waals surface area contributed by atoms with Crippen molar-refractivity contribution in [1.82, 2.24) is 9.78 Å². The summed E-state index contributed by atoms with van der Waals surface area (Å²) in [4.78, 5) is 0. The molecule has 2 rings (SSSR count). The standard InChI is InChI=1S/C14H24N2O3/c1-4-16-12(9-11(2)15-16)10-13(17)14(18-3)5-7-19-8-6-14/h9,13,17H,4-8,10H2,1-3H3. The molecule has 19 heavy (non-hydrogen) atoms. The Kier molecular flexibility index (Phi) is 4.60. The average Bonchev–Trinajstić information content (AvgIpc) is 2.79. The van der Waals surface area contributed by atoms with Gasteiger partial charge in [-0.2, -0.15) is 5.10 Å². The van der Waals surface area contributed by atoms with Gasteiger partial charge in [0.2, 0.25) is 0 Å². The van der Waals surface area contributed by atoms with E-state index >= 15 is 0 Å². The van der Waals surface area contributed by atoms with Crippen molar-refractivity contribution in [3.63, 3.8) is 0 Å². The fraction of sp³-hybridized carbons (Fsp3) is 0.786. The molecule has 0 saturated carbocycles. The summed E-state index contributed by atoms with van der Waals surface area (Å²) in [6, 6.07) is 2.04. The van der Waals surface area contributed by atoms with Gasteiger partial charge in [0.05, 0.1) is 17.4 Å². The normalized spacial score (nSPS) is 20.4. The van der Waals surface area contributed by atoms with Gasteiger partial charge in [-0.25, -0.2) is 0 Å². The SMILES string of the molecule is CCn1nc(C)cc1CC(O)C1(OC)CCOCC1. The van der Waals surface area contributed by atoms with Gasteiger partial charge in [0.15, 0.2) is 0 Å². The van der Waals surface area contributed by atoms with Crippen LogP contribution in [-0.4, -0.2) is 46.9 Å². The Balaban J connectivity index is 2.12. The van der Waals surface area contributed by atoms with Crippen LogP contribution in [0.3, 0.4) is 0 Å². The molecule has 1 fully saturated rings. The third kappa shape index (κ3) is 2.99. The van der Waals surface area contributed by atoms with E-state index in [9.17, 15) is 5.11 Å². The molecule has 2 heterocycles. The summed E-state index contributed by atoms with van der Waals surface area (Å²) in [6.45, 7) is 6.15. The van der Waals surface area contributed by atoms with E-state index < -0.39 is 11.7 Å². The quantitative estimate of drug-likeness (QED) is 0.875. The summed E-state index contributed by atoms with van der Waals surface area (Å²) in [6.07, 6.45) is 1.53. The number of aliphatic hydroxyl groups is 1. The predicted octanol–water partition coefficient (Wildman–Crippen LogP) is 1.31. The van der Waals surface area contributed by atoms with Crippen LogP contribution in [0.5, 0.6) is 0 Å². The number of ether oxygens (including phenoxy) is 2. The second-order valence-electron chi connectivity index (χ2n) is 5.19. The maximum Gasteiger partial charge on any atom is 0.0983 e. The van der Waals surface area contributed by atoms with Gasteiger partial charge in [-0.3, -0.25) is 4.68 Å². The highest BCUT2D eigenvalue weighted by Gasteiger charge is 2.40. The second-order valence-corrected chi connectivity index (χ2v) is 5.19. The number of hydrogen-bond donors (Lipinski definition) is 1. The van der Waals surface area contributed by atoms with Crippen molar-refractivity contribution < 1.29 is 14.6 Å². The van der Waals surface area contributed by atoms with Crippen LogP contribution in [-0.2, 0) is 22.4 Å². The Morgan fingerprint density at radius 1 is 1.53 bits per heavy atom. The van der Waals surface area contributed by atoms with Gasteiger partial charge < -0.3 is 14.6 Å². The highest BCUT2D eigenvalue weighted by molar-refractivity contribution is 5.11. The molecule has 5 nitrogen and oxygen atoms in total. The van der Waals surface area contributed by atoms with Gasteiger partial charge in [-0.1, -0.05) is 0 Å². The average molecular weight is 268 g/mol. The lowest BCUT2D eigenvalue weighted by Gasteiger charge is -2.39. The van der Waals surface area contributed by atoms with Crippen molar-refractivity contribution in [3.8, 4) is 0 Å². The number of methoxy groups -OCH3 is 1. The molecule has 5 heteroatoms. The van der Waals surface area contributed by atoms with Crippen LogP contribution >= 0.6 is 0 Å². The molecular weight excluding hydrogens is 244 g/mol. The maximum atomic E-state index is 10.6. The first kappa shape index (κ1) is 14.5. The van der Waals surface area contributed by atoms with Gasteiger partial charge in [0.1, 0.15) is 0 Å². The lowest BCUT2D eigenvalue weighted by Crippen LogP contribution is -2.49. The largest absolute Gasteiger partial charge is 0.390 e. The molecule has 0 aromatic carbocycles. The monoisotopic (exact) mass is 268 g/mol. The van der Waals surface area contributed by atoms with Crippen LogP contribution in [0.15, 0.2) is 6.07 Å². The molecule has 1 unspecified atom stereocenters. The molecular formula is C14H24N2O3. The highest BCUT2D eigenvalue weighted by Crippen LogP contribution is 2.30. The Bertz CT molecular complexity index is 411. The van der Waals surface area contributed by atoms with Crippen LogP contribution < -0.4 is 0 Å². The van der Waals surface area contributed by atoms with Crippen molar-refractivity contribution in [2.75, 3.05) is 20.3 Å². The number of aromatic nitrogens is 2.